The maximum atomic E-state index is 6.13. The molecule has 0 fully saturated rings. The minimum absolute atomic E-state index is 0.490. The third-order valence-electron chi connectivity index (χ3n) is 3.29. The van der Waals surface area contributed by atoms with E-state index in [-0.39, 0.29) is 0 Å². The Labute approximate surface area is 132 Å². The van der Waals surface area contributed by atoms with E-state index >= 15 is 0 Å². The van der Waals surface area contributed by atoms with Gasteiger partial charge in [0.1, 0.15) is 0 Å². The summed E-state index contributed by atoms with van der Waals surface area (Å²) in [6.07, 6.45) is 2.14. The van der Waals surface area contributed by atoms with Gasteiger partial charge in [-0.15, -0.1) is 0 Å². The summed E-state index contributed by atoms with van der Waals surface area (Å²) in [5.41, 5.74) is 2.46. The van der Waals surface area contributed by atoms with Gasteiger partial charge in [0, 0.05) is 49.8 Å². The van der Waals surface area contributed by atoms with Crippen LogP contribution in [-0.4, -0.2) is 45.4 Å². The van der Waals surface area contributed by atoms with Gasteiger partial charge in [-0.05, 0) is 36.9 Å². The molecule has 0 aliphatic heterocycles. The number of thioether (sulfide) groups is 1. The summed E-state index contributed by atoms with van der Waals surface area (Å²) in [4.78, 5) is 2.32. The van der Waals surface area contributed by atoms with Crippen molar-refractivity contribution in [1.82, 2.24) is 5.32 Å². The predicted octanol–water partition coefficient (Wildman–Crippen LogP) is 3.26. The molecule has 1 atom stereocenters. The number of hydrogen-bond donors (Lipinski definition) is 1. The maximum Gasteiger partial charge on any atom is 0.0587 e. The third kappa shape index (κ3) is 5.52. The summed E-state index contributed by atoms with van der Waals surface area (Å²) < 4.78 is 5.05. The highest BCUT2D eigenvalue weighted by atomic mass is 35.5. The first kappa shape index (κ1) is 17.6. The van der Waals surface area contributed by atoms with Gasteiger partial charge in [-0.1, -0.05) is 11.6 Å². The highest BCUT2D eigenvalue weighted by Crippen LogP contribution is 2.25. The molecule has 3 nitrogen and oxygen atoms in total. The van der Waals surface area contributed by atoms with Crippen LogP contribution in [0.25, 0.3) is 0 Å². The van der Waals surface area contributed by atoms with Crippen LogP contribution in [0.2, 0.25) is 5.02 Å². The van der Waals surface area contributed by atoms with E-state index in [2.05, 4.69) is 36.5 Å². The quantitative estimate of drug-likeness (QED) is 0.707. The highest BCUT2D eigenvalue weighted by molar-refractivity contribution is 7.98. The number of methoxy groups -OCH3 is 1. The number of anilines is 1. The zero-order valence-corrected chi connectivity index (χ0v) is 14.4. The van der Waals surface area contributed by atoms with E-state index in [1.165, 1.54) is 11.3 Å². The van der Waals surface area contributed by atoms with Crippen LogP contribution in [0, 0.1) is 0 Å². The van der Waals surface area contributed by atoms with Crippen molar-refractivity contribution in [2.24, 2.45) is 0 Å². The molecule has 1 rings (SSSR count). The first-order valence-electron chi connectivity index (χ1n) is 6.80. The van der Waals surface area contributed by atoms with Gasteiger partial charge in [0.05, 0.1) is 6.61 Å². The molecule has 0 aliphatic carbocycles. The fraction of sp³-hybridized carbons (Fsp3) is 0.600. The molecule has 0 spiro atoms. The summed E-state index contributed by atoms with van der Waals surface area (Å²) in [5.74, 6) is 1.11. The van der Waals surface area contributed by atoms with Crippen LogP contribution < -0.4 is 10.2 Å². The van der Waals surface area contributed by atoms with Crippen LogP contribution in [0.1, 0.15) is 12.5 Å². The van der Waals surface area contributed by atoms with Crippen LogP contribution >= 0.6 is 23.4 Å². The minimum atomic E-state index is 0.490. The van der Waals surface area contributed by atoms with Crippen LogP contribution in [0.4, 0.5) is 5.69 Å². The second-order valence-electron chi connectivity index (χ2n) is 4.86. The number of halogens is 1. The van der Waals surface area contributed by atoms with E-state index in [4.69, 9.17) is 16.3 Å². The van der Waals surface area contributed by atoms with Crippen molar-refractivity contribution < 1.29 is 4.74 Å². The zero-order valence-electron chi connectivity index (χ0n) is 12.8. The van der Waals surface area contributed by atoms with Crippen LogP contribution in [0.3, 0.4) is 0 Å². The van der Waals surface area contributed by atoms with Crippen LogP contribution in [-0.2, 0) is 11.3 Å². The first-order valence-corrected chi connectivity index (χ1v) is 8.57. The summed E-state index contributed by atoms with van der Waals surface area (Å²) in [6.45, 7) is 4.60. The molecular weight excluding hydrogens is 292 g/mol. The standard InChI is InChI=1S/C15H25ClN2OS/c1-12(11-20-4)18(2)15-6-5-14(16)9-13(15)10-17-7-8-19-3/h5-6,9,12,17H,7-8,10-11H2,1-4H3. The van der Waals surface area contributed by atoms with Gasteiger partial charge in [0.15, 0.2) is 0 Å². The largest absolute Gasteiger partial charge is 0.383 e. The van der Waals surface area contributed by atoms with E-state index < -0.39 is 0 Å². The lowest BCUT2D eigenvalue weighted by Gasteiger charge is -2.29. The summed E-state index contributed by atoms with van der Waals surface area (Å²) in [7, 11) is 3.85. The number of nitrogens with zero attached hydrogens (tertiary/aromatic N) is 1. The summed E-state index contributed by atoms with van der Waals surface area (Å²) in [5, 5.41) is 4.16. The van der Waals surface area contributed by atoms with Crippen molar-refractivity contribution >= 4 is 29.1 Å². The Morgan fingerprint density at radius 1 is 1.45 bits per heavy atom. The van der Waals surface area contributed by atoms with E-state index in [1.54, 1.807) is 7.11 Å². The molecule has 1 aromatic carbocycles. The highest BCUT2D eigenvalue weighted by Gasteiger charge is 2.13. The average molecular weight is 317 g/mol. The number of ether oxygens (including phenoxy) is 1. The van der Waals surface area contributed by atoms with Gasteiger partial charge in [-0.2, -0.15) is 11.8 Å². The van der Waals surface area contributed by atoms with E-state index in [0.29, 0.717) is 12.6 Å². The number of benzene rings is 1. The smallest absolute Gasteiger partial charge is 0.0587 e. The van der Waals surface area contributed by atoms with Gasteiger partial charge < -0.3 is 15.0 Å². The van der Waals surface area contributed by atoms with Crippen LogP contribution in [0.5, 0.6) is 0 Å². The molecule has 0 amide bonds. The van der Waals surface area contributed by atoms with Crippen molar-refractivity contribution in [2.75, 3.05) is 44.2 Å². The molecule has 0 aromatic heterocycles. The normalized spacial score (nSPS) is 12.4. The molecule has 0 bridgehead atoms. The van der Waals surface area contributed by atoms with E-state index in [9.17, 15) is 0 Å². The Hall–Kier alpha value is -0.420. The first-order chi connectivity index (χ1) is 9.60. The van der Waals surface area contributed by atoms with Crippen molar-refractivity contribution in [3.8, 4) is 0 Å². The van der Waals surface area contributed by atoms with Crippen molar-refractivity contribution in [1.29, 1.82) is 0 Å². The van der Waals surface area contributed by atoms with Crippen molar-refractivity contribution in [3.63, 3.8) is 0 Å². The Morgan fingerprint density at radius 3 is 2.85 bits per heavy atom. The fourth-order valence-electron chi connectivity index (χ4n) is 2.03. The second-order valence-corrected chi connectivity index (χ2v) is 6.20. The molecule has 0 saturated carbocycles. The SMILES string of the molecule is COCCNCc1cc(Cl)ccc1N(C)C(C)CSC. The Kier molecular flexibility index (Phi) is 8.38. The monoisotopic (exact) mass is 316 g/mol. The summed E-state index contributed by atoms with van der Waals surface area (Å²) in [6, 6.07) is 6.59. The van der Waals surface area contributed by atoms with Gasteiger partial charge >= 0.3 is 0 Å². The summed E-state index contributed by atoms with van der Waals surface area (Å²) >= 11 is 7.99. The van der Waals surface area contributed by atoms with E-state index in [1.807, 2.05) is 23.9 Å². The molecule has 114 valence electrons. The average Bonchev–Trinajstić information content (AvgIpc) is 2.43. The lowest BCUT2D eigenvalue weighted by molar-refractivity contribution is 0.199. The lowest BCUT2D eigenvalue weighted by atomic mass is 10.1. The molecule has 1 aromatic rings. The van der Waals surface area contributed by atoms with Crippen molar-refractivity contribution in [3.05, 3.63) is 28.8 Å². The molecule has 0 aliphatic rings. The molecule has 1 unspecified atom stereocenters. The maximum absolute atomic E-state index is 6.13. The lowest BCUT2D eigenvalue weighted by Crippen LogP contribution is -2.32. The molecule has 0 radical (unpaired) electrons. The third-order valence-corrected chi connectivity index (χ3v) is 4.34. The van der Waals surface area contributed by atoms with Crippen LogP contribution in [0.15, 0.2) is 18.2 Å². The molecule has 0 heterocycles. The molecule has 20 heavy (non-hydrogen) atoms. The van der Waals surface area contributed by atoms with E-state index in [0.717, 1.165) is 23.9 Å². The number of hydrogen-bond acceptors (Lipinski definition) is 4. The molecule has 1 N–H and O–H groups in total. The molecule has 5 heteroatoms. The van der Waals surface area contributed by atoms with Gasteiger partial charge in [-0.25, -0.2) is 0 Å². The number of rotatable bonds is 9. The number of nitrogens with one attached hydrogen (secondary N) is 1. The predicted molar refractivity (Wildman–Crippen MR) is 91.3 cm³/mol. The Morgan fingerprint density at radius 2 is 2.20 bits per heavy atom. The van der Waals surface area contributed by atoms with Gasteiger partial charge in [-0.3, -0.25) is 0 Å². The Bertz CT molecular complexity index is 403. The topological polar surface area (TPSA) is 24.5 Å². The molecular formula is C15H25ClN2OS. The second kappa shape index (κ2) is 9.50. The minimum Gasteiger partial charge on any atom is -0.383 e. The molecule has 0 saturated heterocycles. The van der Waals surface area contributed by atoms with Crippen molar-refractivity contribution in [2.45, 2.75) is 19.5 Å². The van der Waals surface area contributed by atoms with Gasteiger partial charge in [0.25, 0.3) is 0 Å². The zero-order chi connectivity index (χ0) is 15.0. The fourth-order valence-corrected chi connectivity index (χ4v) is 2.93. The van der Waals surface area contributed by atoms with Gasteiger partial charge in [0.2, 0.25) is 0 Å². The Balaban J connectivity index is 2.78.